The van der Waals surface area contributed by atoms with E-state index in [0.717, 1.165) is 0 Å². The van der Waals surface area contributed by atoms with E-state index in [0.29, 0.717) is 33.4 Å². The third-order valence-electron chi connectivity index (χ3n) is 3.57. The van der Waals surface area contributed by atoms with Crippen LogP contribution in [0.15, 0.2) is 59.0 Å². The number of carbonyl (C=O) groups is 1. The van der Waals surface area contributed by atoms with Crippen molar-refractivity contribution in [2.75, 3.05) is 7.11 Å². The van der Waals surface area contributed by atoms with E-state index in [4.69, 9.17) is 25.5 Å². The van der Waals surface area contributed by atoms with Gasteiger partial charge >= 0.3 is 12.0 Å². The first-order valence-electron chi connectivity index (χ1n) is 7.73. The molecule has 1 heterocycles. The third kappa shape index (κ3) is 3.75. The molecule has 0 bridgehead atoms. The average molecular weight is 371 g/mol. The molecule has 132 valence electrons. The smallest absolute Gasteiger partial charge is 0.420 e. The fourth-order valence-corrected chi connectivity index (χ4v) is 2.45. The van der Waals surface area contributed by atoms with Crippen LogP contribution >= 0.6 is 11.6 Å². The highest BCUT2D eigenvalue weighted by atomic mass is 35.5. The summed E-state index contributed by atoms with van der Waals surface area (Å²) in [5.74, 6) is 0.238. The van der Waals surface area contributed by atoms with E-state index < -0.39 is 5.97 Å². The van der Waals surface area contributed by atoms with Crippen LogP contribution in [-0.2, 0) is 9.53 Å². The lowest BCUT2D eigenvalue weighted by molar-refractivity contribution is -0.133. The van der Waals surface area contributed by atoms with Gasteiger partial charge in [-0.2, -0.15) is 0 Å². The molecule has 2 aromatic carbocycles. The summed E-state index contributed by atoms with van der Waals surface area (Å²) in [5.41, 5.74) is 1.65. The quantitative estimate of drug-likeness (QED) is 0.476. The Morgan fingerprint density at radius 3 is 2.54 bits per heavy atom. The summed E-state index contributed by atoms with van der Waals surface area (Å²) in [7, 11) is 1.33. The number of benzene rings is 2. The van der Waals surface area contributed by atoms with Crippen LogP contribution in [0.25, 0.3) is 17.0 Å². The summed E-state index contributed by atoms with van der Waals surface area (Å²) >= 11 is 5.88. The molecule has 1 aromatic heterocycles. The summed E-state index contributed by atoms with van der Waals surface area (Å²) in [6.07, 6.45) is 1.61. The largest absolute Gasteiger partial charge is 0.465 e. The van der Waals surface area contributed by atoms with Crippen molar-refractivity contribution in [1.29, 1.82) is 0 Å². The number of para-hydroxylation sites is 1. The van der Waals surface area contributed by atoms with Gasteiger partial charge in [-0.05, 0) is 37.3 Å². The molecule has 0 fully saturated rings. The number of carbonyl (C=O) groups excluding carboxylic acids is 1. The van der Waals surface area contributed by atoms with Crippen LogP contribution in [-0.4, -0.2) is 23.3 Å². The molecule has 0 spiro atoms. The van der Waals surface area contributed by atoms with Gasteiger partial charge in [-0.1, -0.05) is 41.0 Å². The second-order valence-corrected chi connectivity index (χ2v) is 5.61. The number of esters is 1. The molecule has 0 aliphatic rings. The molecule has 3 rings (SSSR count). The summed E-state index contributed by atoms with van der Waals surface area (Å²) in [6, 6.07) is 14.0. The predicted molar refractivity (Wildman–Crippen MR) is 96.9 cm³/mol. The van der Waals surface area contributed by atoms with Crippen molar-refractivity contribution in [3.05, 3.63) is 65.2 Å². The molecule has 0 saturated carbocycles. The molecule has 6 nitrogen and oxygen atoms in total. The highest BCUT2D eigenvalue weighted by Gasteiger charge is 2.18. The lowest BCUT2D eigenvalue weighted by Crippen LogP contribution is -2.05. The van der Waals surface area contributed by atoms with Gasteiger partial charge in [0, 0.05) is 16.1 Å². The Kier molecular flexibility index (Phi) is 5.34. The van der Waals surface area contributed by atoms with E-state index in [9.17, 15) is 4.79 Å². The maximum atomic E-state index is 12.0. The molecular weight excluding hydrogens is 356 g/mol. The Morgan fingerprint density at radius 1 is 1.12 bits per heavy atom. The molecule has 26 heavy (non-hydrogen) atoms. The van der Waals surface area contributed by atoms with Gasteiger partial charge in [-0.3, -0.25) is 0 Å². The Labute approximate surface area is 155 Å². The van der Waals surface area contributed by atoms with Gasteiger partial charge in [0.1, 0.15) is 5.75 Å². The van der Waals surface area contributed by atoms with Crippen molar-refractivity contribution in [3.63, 3.8) is 0 Å². The maximum Gasteiger partial charge on any atom is 0.420 e. The normalized spacial score (nSPS) is 11.3. The number of aromatic nitrogens is 2. The average Bonchev–Trinajstić information content (AvgIpc) is 3.12. The number of nitrogens with zero attached hydrogens (tertiary/aromatic N) is 2. The molecule has 0 aliphatic heterocycles. The zero-order valence-electron chi connectivity index (χ0n) is 14.1. The number of methoxy groups -OCH3 is 1. The number of allylic oxidation sites excluding steroid dienone is 1. The lowest BCUT2D eigenvalue weighted by Gasteiger charge is -2.10. The maximum absolute atomic E-state index is 12.0. The van der Waals surface area contributed by atoms with Crippen molar-refractivity contribution in [2.45, 2.75) is 6.92 Å². The Morgan fingerprint density at radius 2 is 1.85 bits per heavy atom. The van der Waals surface area contributed by atoms with Gasteiger partial charge in [-0.25, -0.2) is 4.79 Å². The molecule has 0 N–H and O–H groups in total. The fourth-order valence-electron chi connectivity index (χ4n) is 2.33. The molecule has 0 aliphatic carbocycles. The van der Waals surface area contributed by atoms with E-state index >= 15 is 0 Å². The topological polar surface area (TPSA) is 74.5 Å². The van der Waals surface area contributed by atoms with Crippen molar-refractivity contribution in [1.82, 2.24) is 10.2 Å². The van der Waals surface area contributed by atoms with Gasteiger partial charge in [0.2, 0.25) is 0 Å². The molecule has 0 amide bonds. The Hall–Kier alpha value is -3.12. The SMILES string of the molecule is CC=C(C(=O)OC)c1ccccc1Oc1nnc(-c2ccc(Cl)cc2)o1. The van der Waals surface area contributed by atoms with E-state index in [2.05, 4.69) is 10.2 Å². The molecule has 0 saturated heterocycles. The predicted octanol–water partition coefficient (Wildman–Crippen LogP) is 4.76. The van der Waals surface area contributed by atoms with Gasteiger partial charge in [0.15, 0.2) is 0 Å². The lowest BCUT2D eigenvalue weighted by atomic mass is 10.0. The van der Waals surface area contributed by atoms with Gasteiger partial charge < -0.3 is 13.9 Å². The van der Waals surface area contributed by atoms with Crippen molar-refractivity contribution in [3.8, 4) is 23.3 Å². The molecular formula is C19H15ClN2O4. The van der Waals surface area contributed by atoms with Crippen LogP contribution in [0, 0.1) is 0 Å². The minimum atomic E-state index is -0.462. The summed E-state index contributed by atoms with van der Waals surface area (Å²) in [5, 5.41) is 8.47. The van der Waals surface area contributed by atoms with Gasteiger partial charge in [0.05, 0.1) is 12.7 Å². The fraction of sp³-hybridized carbons (Fsp3) is 0.105. The third-order valence-corrected chi connectivity index (χ3v) is 3.82. The Bertz CT molecular complexity index is 948. The van der Waals surface area contributed by atoms with Crippen LogP contribution < -0.4 is 4.74 Å². The van der Waals surface area contributed by atoms with E-state index in [-0.39, 0.29) is 6.08 Å². The van der Waals surface area contributed by atoms with Gasteiger partial charge in [0.25, 0.3) is 5.89 Å². The van der Waals surface area contributed by atoms with Gasteiger partial charge in [-0.15, -0.1) is 5.10 Å². The van der Waals surface area contributed by atoms with Crippen LogP contribution in [0.3, 0.4) is 0 Å². The number of hydrogen-bond acceptors (Lipinski definition) is 6. The van der Waals surface area contributed by atoms with Crippen LogP contribution in [0.4, 0.5) is 0 Å². The van der Waals surface area contributed by atoms with E-state index in [1.807, 2.05) is 0 Å². The van der Waals surface area contributed by atoms with E-state index in [1.54, 1.807) is 61.5 Å². The Balaban J connectivity index is 1.89. The molecule has 0 atom stereocenters. The highest BCUT2D eigenvalue weighted by molar-refractivity contribution is 6.30. The van der Waals surface area contributed by atoms with Crippen LogP contribution in [0.2, 0.25) is 5.02 Å². The van der Waals surface area contributed by atoms with Crippen molar-refractivity contribution >= 4 is 23.1 Å². The second kappa shape index (κ2) is 7.84. The molecule has 3 aromatic rings. The molecule has 0 radical (unpaired) electrons. The minimum Gasteiger partial charge on any atom is -0.465 e. The first-order chi connectivity index (χ1) is 12.6. The first-order valence-corrected chi connectivity index (χ1v) is 8.11. The van der Waals surface area contributed by atoms with Crippen molar-refractivity contribution in [2.24, 2.45) is 0 Å². The van der Waals surface area contributed by atoms with Crippen LogP contribution in [0.1, 0.15) is 12.5 Å². The van der Waals surface area contributed by atoms with Crippen LogP contribution in [0.5, 0.6) is 11.8 Å². The number of rotatable bonds is 5. The monoisotopic (exact) mass is 370 g/mol. The first kappa shape index (κ1) is 17.7. The standard InChI is InChI=1S/C19H15ClN2O4/c1-3-14(18(23)24-2)15-6-4-5-7-16(15)25-19-22-21-17(26-19)12-8-10-13(20)11-9-12/h3-11H,1-2H3. The zero-order chi connectivity index (χ0) is 18.5. The second-order valence-electron chi connectivity index (χ2n) is 5.17. The number of ether oxygens (including phenoxy) is 2. The molecule has 0 unspecified atom stereocenters. The van der Waals surface area contributed by atoms with Crippen molar-refractivity contribution < 1.29 is 18.7 Å². The molecule has 7 heteroatoms. The summed E-state index contributed by atoms with van der Waals surface area (Å²) in [6.45, 7) is 1.74. The zero-order valence-corrected chi connectivity index (χ0v) is 14.9. The summed E-state index contributed by atoms with van der Waals surface area (Å²) < 4.78 is 16.1. The minimum absolute atomic E-state index is 0.0391. The van der Waals surface area contributed by atoms with E-state index in [1.165, 1.54) is 7.11 Å². The summed E-state index contributed by atoms with van der Waals surface area (Å²) in [4.78, 5) is 12.0. The number of halogens is 1. The highest BCUT2D eigenvalue weighted by Crippen LogP contribution is 2.31. The number of hydrogen-bond donors (Lipinski definition) is 0.